The number of ether oxygens (including phenoxy) is 1. The molecule has 0 N–H and O–H groups in total. The highest BCUT2D eigenvalue weighted by molar-refractivity contribution is 5.77. The van der Waals surface area contributed by atoms with Crippen LogP contribution in [-0.2, 0) is 10.2 Å². The minimum atomic E-state index is 0.157. The van der Waals surface area contributed by atoms with Crippen molar-refractivity contribution in [1.29, 1.82) is 0 Å². The van der Waals surface area contributed by atoms with Gasteiger partial charge in [0.25, 0.3) is 0 Å². The maximum Gasteiger partial charge on any atom is 0.126 e. The van der Waals surface area contributed by atoms with Crippen LogP contribution in [0.1, 0.15) is 37.5 Å². The van der Waals surface area contributed by atoms with Gasteiger partial charge in [-0.2, -0.15) is 0 Å². The smallest absolute Gasteiger partial charge is 0.126 e. The van der Waals surface area contributed by atoms with Gasteiger partial charge >= 0.3 is 0 Å². The molecule has 2 aromatic rings. The van der Waals surface area contributed by atoms with Crippen LogP contribution in [0.15, 0.2) is 54.6 Å². The number of hydrogen-bond donors (Lipinski definition) is 0. The highest BCUT2D eigenvalue weighted by Crippen LogP contribution is 2.25. The van der Waals surface area contributed by atoms with Crippen LogP contribution in [0.5, 0.6) is 0 Å². The summed E-state index contributed by atoms with van der Waals surface area (Å²) in [5, 5.41) is 0. The topological polar surface area (TPSA) is 9.23 Å². The maximum atomic E-state index is 5.53. The molecule has 0 bridgehead atoms. The normalized spacial score (nSPS) is 12.3. The molecule has 0 spiro atoms. The minimum Gasteiger partial charge on any atom is -0.496 e. The molecule has 0 unspecified atom stereocenters. The highest BCUT2D eigenvalue weighted by atomic mass is 16.5. The first-order valence-corrected chi connectivity index (χ1v) is 6.92. The van der Waals surface area contributed by atoms with Crippen LogP contribution in [0.3, 0.4) is 0 Å². The molecule has 1 nitrogen and oxygen atoms in total. The Bertz CT molecular complexity index is 589. The SMILES string of the molecule is COC(=Cc1cccc(C(C)(C)C)c1)c1ccccc1. The lowest BCUT2D eigenvalue weighted by Crippen LogP contribution is -2.10. The summed E-state index contributed by atoms with van der Waals surface area (Å²) in [6, 6.07) is 18.8. The molecule has 0 aliphatic heterocycles. The zero-order valence-corrected chi connectivity index (χ0v) is 12.7. The Labute approximate surface area is 121 Å². The van der Waals surface area contributed by atoms with Gasteiger partial charge in [-0.1, -0.05) is 75.4 Å². The summed E-state index contributed by atoms with van der Waals surface area (Å²) in [5.41, 5.74) is 3.74. The lowest BCUT2D eigenvalue weighted by Gasteiger charge is -2.19. The summed E-state index contributed by atoms with van der Waals surface area (Å²) in [4.78, 5) is 0. The quantitative estimate of drug-likeness (QED) is 0.553. The van der Waals surface area contributed by atoms with E-state index in [1.807, 2.05) is 18.2 Å². The molecule has 0 heterocycles. The van der Waals surface area contributed by atoms with Gasteiger partial charge < -0.3 is 4.74 Å². The van der Waals surface area contributed by atoms with Crippen LogP contribution < -0.4 is 0 Å². The fraction of sp³-hybridized carbons (Fsp3) is 0.263. The van der Waals surface area contributed by atoms with Crippen molar-refractivity contribution in [3.8, 4) is 0 Å². The van der Waals surface area contributed by atoms with E-state index in [2.05, 4.69) is 63.2 Å². The van der Waals surface area contributed by atoms with Crippen molar-refractivity contribution in [2.24, 2.45) is 0 Å². The second-order valence-electron chi connectivity index (χ2n) is 5.95. The highest BCUT2D eigenvalue weighted by Gasteiger charge is 2.13. The predicted molar refractivity (Wildman–Crippen MR) is 86.5 cm³/mol. The minimum absolute atomic E-state index is 0.157. The maximum absolute atomic E-state index is 5.53. The molecule has 0 atom stereocenters. The Morgan fingerprint density at radius 3 is 2.25 bits per heavy atom. The van der Waals surface area contributed by atoms with E-state index < -0.39 is 0 Å². The summed E-state index contributed by atoms with van der Waals surface area (Å²) in [6.45, 7) is 6.68. The summed E-state index contributed by atoms with van der Waals surface area (Å²) in [5.74, 6) is 0.886. The van der Waals surface area contributed by atoms with Gasteiger partial charge in [-0.3, -0.25) is 0 Å². The summed E-state index contributed by atoms with van der Waals surface area (Å²) in [7, 11) is 1.71. The van der Waals surface area contributed by atoms with Crippen LogP contribution >= 0.6 is 0 Å². The Balaban J connectivity index is 2.38. The van der Waals surface area contributed by atoms with Gasteiger partial charge in [0.2, 0.25) is 0 Å². The Kier molecular flexibility index (Phi) is 4.29. The van der Waals surface area contributed by atoms with Crippen molar-refractivity contribution in [2.75, 3.05) is 7.11 Å². The standard InChI is InChI=1S/C19H22O/c1-19(2,3)17-12-8-9-15(13-17)14-18(20-4)16-10-6-5-7-11-16/h5-14H,1-4H3. The van der Waals surface area contributed by atoms with Gasteiger partial charge in [-0.25, -0.2) is 0 Å². The van der Waals surface area contributed by atoms with Crippen molar-refractivity contribution in [1.82, 2.24) is 0 Å². The average Bonchev–Trinajstić information content (AvgIpc) is 2.45. The molecule has 0 saturated heterocycles. The van der Waals surface area contributed by atoms with Crippen LogP contribution in [0.25, 0.3) is 11.8 Å². The molecule has 0 radical (unpaired) electrons. The van der Waals surface area contributed by atoms with E-state index >= 15 is 0 Å². The molecule has 0 fully saturated rings. The molecule has 0 saturated carbocycles. The molecule has 20 heavy (non-hydrogen) atoms. The molecule has 2 rings (SSSR count). The molecular formula is C19H22O. The van der Waals surface area contributed by atoms with Gasteiger partial charge in [-0.15, -0.1) is 0 Å². The molecule has 0 aliphatic carbocycles. The average molecular weight is 266 g/mol. The number of benzene rings is 2. The van der Waals surface area contributed by atoms with Crippen LogP contribution in [0, 0.1) is 0 Å². The lowest BCUT2D eigenvalue weighted by atomic mass is 9.86. The number of methoxy groups -OCH3 is 1. The van der Waals surface area contributed by atoms with E-state index in [0.29, 0.717) is 0 Å². The van der Waals surface area contributed by atoms with Crippen molar-refractivity contribution < 1.29 is 4.74 Å². The zero-order valence-electron chi connectivity index (χ0n) is 12.7. The molecule has 0 amide bonds. The van der Waals surface area contributed by atoms with Gasteiger partial charge in [0.15, 0.2) is 0 Å². The summed E-state index contributed by atoms with van der Waals surface area (Å²) < 4.78 is 5.53. The van der Waals surface area contributed by atoms with E-state index in [-0.39, 0.29) is 5.41 Å². The number of rotatable bonds is 3. The third kappa shape index (κ3) is 3.51. The monoisotopic (exact) mass is 266 g/mol. The largest absolute Gasteiger partial charge is 0.496 e. The number of hydrogen-bond acceptors (Lipinski definition) is 1. The van der Waals surface area contributed by atoms with Crippen LogP contribution in [-0.4, -0.2) is 7.11 Å². The third-order valence-corrected chi connectivity index (χ3v) is 3.33. The van der Waals surface area contributed by atoms with Gasteiger partial charge in [-0.05, 0) is 22.6 Å². The Morgan fingerprint density at radius 2 is 1.65 bits per heavy atom. The van der Waals surface area contributed by atoms with Gasteiger partial charge in [0.1, 0.15) is 5.76 Å². The van der Waals surface area contributed by atoms with Gasteiger partial charge in [0, 0.05) is 5.56 Å². The van der Waals surface area contributed by atoms with E-state index in [1.54, 1.807) is 7.11 Å². The molecule has 0 aromatic heterocycles. The van der Waals surface area contributed by atoms with E-state index in [1.165, 1.54) is 5.56 Å². The Hall–Kier alpha value is -2.02. The summed E-state index contributed by atoms with van der Waals surface area (Å²) in [6.07, 6.45) is 2.09. The van der Waals surface area contributed by atoms with Crippen molar-refractivity contribution in [3.63, 3.8) is 0 Å². The first-order valence-electron chi connectivity index (χ1n) is 6.92. The zero-order chi connectivity index (χ0) is 14.6. The van der Waals surface area contributed by atoms with E-state index in [9.17, 15) is 0 Å². The third-order valence-electron chi connectivity index (χ3n) is 3.33. The molecule has 0 aliphatic rings. The Morgan fingerprint density at radius 1 is 0.950 bits per heavy atom. The fourth-order valence-corrected chi connectivity index (χ4v) is 2.11. The predicted octanol–water partition coefficient (Wildman–Crippen LogP) is 5.13. The first kappa shape index (κ1) is 14.4. The van der Waals surface area contributed by atoms with Crippen molar-refractivity contribution in [3.05, 3.63) is 71.3 Å². The molecule has 1 heteroatoms. The first-order chi connectivity index (χ1) is 9.50. The molecule has 104 valence electrons. The van der Waals surface area contributed by atoms with Crippen molar-refractivity contribution in [2.45, 2.75) is 26.2 Å². The van der Waals surface area contributed by atoms with E-state index in [4.69, 9.17) is 4.74 Å². The second kappa shape index (κ2) is 5.96. The van der Waals surface area contributed by atoms with Crippen LogP contribution in [0.4, 0.5) is 0 Å². The molecular weight excluding hydrogens is 244 g/mol. The second-order valence-corrected chi connectivity index (χ2v) is 5.95. The van der Waals surface area contributed by atoms with Crippen LogP contribution in [0.2, 0.25) is 0 Å². The van der Waals surface area contributed by atoms with Crippen molar-refractivity contribution >= 4 is 11.8 Å². The lowest BCUT2D eigenvalue weighted by molar-refractivity contribution is 0.372. The summed E-state index contributed by atoms with van der Waals surface area (Å²) >= 11 is 0. The van der Waals surface area contributed by atoms with E-state index in [0.717, 1.165) is 16.9 Å². The van der Waals surface area contributed by atoms with Gasteiger partial charge in [0.05, 0.1) is 7.11 Å². The fourth-order valence-electron chi connectivity index (χ4n) is 2.11. The molecule has 2 aromatic carbocycles.